The molecular formula is C15H16BrN3O4. The number of H-pyrrole nitrogens is 1. The zero-order valence-corrected chi connectivity index (χ0v) is 14.2. The van der Waals surface area contributed by atoms with Crippen molar-refractivity contribution in [1.82, 2.24) is 15.6 Å². The molecule has 0 spiro atoms. The fourth-order valence-corrected chi connectivity index (χ4v) is 2.34. The van der Waals surface area contributed by atoms with Crippen molar-refractivity contribution in [2.75, 3.05) is 6.54 Å². The number of aromatic amines is 1. The molecule has 7 nitrogen and oxygen atoms in total. The minimum atomic E-state index is -0.491. The molecule has 0 aromatic carbocycles. The van der Waals surface area contributed by atoms with Gasteiger partial charge in [0, 0.05) is 17.8 Å². The Labute approximate surface area is 140 Å². The molecule has 0 saturated heterocycles. The molecule has 2 rings (SSSR count). The van der Waals surface area contributed by atoms with E-state index in [0.717, 1.165) is 11.3 Å². The number of aryl methyl sites for hydroxylation is 2. The van der Waals surface area contributed by atoms with Crippen molar-refractivity contribution < 1.29 is 14.0 Å². The van der Waals surface area contributed by atoms with E-state index in [1.165, 1.54) is 6.07 Å². The molecule has 0 saturated carbocycles. The van der Waals surface area contributed by atoms with Crippen LogP contribution in [0.3, 0.4) is 0 Å². The lowest BCUT2D eigenvalue weighted by Gasteiger charge is -2.08. The van der Waals surface area contributed by atoms with Gasteiger partial charge in [0.15, 0.2) is 10.4 Å². The fraction of sp³-hybridized carbons (Fsp3) is 0.267. The Morgan fingerprint density at radius 2 is 2.00 bits per heavy atom. The summed E-state index contributed by atoms with van der Waals surface area (Å²) in [5.74, 6) is -0.783. The summed E-state index contributed by atoms with van der Waals surface area (Å²) in [5, 5.41) is 5.03. The van der Waals surface area contributed by atoms with E-state index in [1.54, 1.807) is 19.9 Å². The lowest BCUT2D eigenvalue weighted by molar-refractivity contribution is -0.120. The highest BCUT2D eigenvalue weighted by atomic mass is 79.9. The standard InChI is InChI=1S/C15H16BrN3O4/c1-8-5-9(2)19-14(21)10(8)6-17-13(20)7-18-15(22)11-3-4-12(16)23-11/h3-5H,6-7H2,1-2H3,(H,17,20)(H,18,22)(H,19,21). The lowest BCUT2D eigenvalue weighted by Crippen LogP contribution is -2.37. The minimum Gasteiger partial charge on any atom is -0.444 e. The summed E-state index contributed by atoms with van der Waals surface area (Å²) in [5.41, 5.74) is 1.83. The zero-order chi connectivity index (χ0) is 17.0. The number of hydrogen-bond donors (Lipinski definition) is 3. The first-order chi connectivity index (χ1) is 10.9. The van der Waals surface area contributed by atoms with E-state index < -0.39 is 11.8 Å². The normalized spacial score (nSPS) is 10.4. The van der Waals surface area contributed by atoms with Crippen molar-refractivity contribution in [1.29, 1.82) is 0 Å². The highest BCUT2D eigenvalue weighted by molar-refractivity contribution is 9.10. The zero-order valence-electron chi connectivity index (χ0n) is 12.7. The van der Waals surface area contributed by atoms with E-state index in [9.17, 15) is 14.4 Å². The van der Waals surface area contributed by atoms with Gasteiger partial charge in [-0.05, 0) is 53.5 Å². The van der Waals surface area contributed by atoms with Gasteiger partial charge in [0.2, 0.25) is 5.91 Å². The molecule has 8 heteroatoms. The summed E-state index contributed by atoms with van der Waals surface area (Å²) in [7, 11) is 0. The first-order valence-corrected chi connectivity index (χ1v) is 7.65. The third-order valence-corrected chi connectivity index (χ3v) is 3.59. The molecule has 0 aliphatic rings. The highest BCUT2D eigenvalue weighted by Gasteiger charge is 2.12. The molecule has 122 valence electrons. The molecule has 23 heavy (non-hydrogen) atoms. The van der Waals surface area contributed by atoms with E-state index in [1.807, 2.05) is 6.07 Å². The lowest BCUT2D eigenvalue weighted by atomic mass is 10.1. The maximum Gasteiger partial charge on any atom is 0.287 e. The molecular weight excluding hydrogens is 366 g/mol. The van der Waals surface area contributed by atoms with E-state index >= 15 is 0 Å². The van der Waals surface area contributed by atoms with Crippen molar-refractivity contribution in [2.24, 2.45) is 0 Å². The summed E-state index contributed by atoms with van der Waals surface area (Å²) in [6, 6.07) is 4.91. The third-order valence-electron chi connectivity index (χ3n) is 3.16. The van der Waals surface area contributed by atoms with Crippen molar-refractivity contribution in [2.45, 2.75) is 20.4 Å². The summed E-state index contributed by atoms with van der Waals surface area (Å²) in [6.07, 6.45) is 0. The predicted molar refractivity (Wildman–Crippen MR) is 87.1 cm³/mol. The van der Waals surface area contributed by atoms with Gasteiger partial charge in [-0.2, -0.15) is 0 Å². The number of furan rings is 1. The fourth-order valence-electron chi connectivity index (χ4n) is 2.03. The molecule has 2 heterocycles. The summed E-state index contributed by atoms with van der Waals surface area (Å²) < 4.78 is 5.51. The maximum atomic E-state index is 11.8. The molecule has 0 atom stereocenters. The first-order valence-electron chi connectivity index (χ1n) is 6.86. The number of nitrogens with one attached hydrogen (secondary N) is 3. The number of carbonyl (C=O) groups is 2. The largest absolute Gasteiger partial charge is 0.444 e. The van der Waals surface area contributed by atoms with E-state index in [2.05, 4.69) is 31.5 Å². The second kappa shape index (κ2) is 7.28. The van der Waals surface area contributed by atoms with Crippen LogP contribution in [0, 0.1) is 13.8 Å². The summed E-state index contributed by atoms with van der Waals surface area (Å²) in [4.78, 5) is 38.0. The number of pyridine rings is 1. The Kier molecular flexibility index (Phi) is 5.38. The molecule has 2 amide bonds. The average molecular weight is 382 g/mol. The highest BCUT2D eigenvalue weighted by Crippen LogP contribution is 2.13. The van der Waals surface area contributed by atoms with Crippen LogP contribution in [0.15, 0.2) is 32.1 Å². The van der Waals surface area contributed by atoms with Gasteiger partial charge in [-0.25, -0.2) is 0 Å². The van der Waals surface area contributed by atoms with Gasteiger partial charge in [0.25, 0.3) is 11.5 Å². The van der Waals surface area contributed by atoms with Crippen LogP contribution in [-0.4, -0.2) is 23.3 Å². The van der Waals surface area contributed by atoms with Crippen LogP contribution >= 0.6 is 15.9 Å². The Morgan fingerprint density at radius 1 is 1.26 bits per heavy atom. The Hall–Kier alpha value is -2.35. The predicted octanol–water partition coefficient (Wildman–Crippen LogP) is 1.39. The maximum absolute atomic E-state index is 11.8. The van der Waals surface area contributed by atoms with Gasteiger partial charge in [-0.15, -0.1) is 0 Å². The van der Waals surface area contributed by atoms with E-state index in [-0.39, 0.29) is 24.4 Å². The molecule has 0 radical (unpaired) electrons. The number of halogens is 1. The van der Waals surface area contributed by atoms with Crippen molar-refractivity contribution in [3.8, 4) is 0 Å². The molecule has 3 N–H and O–H groups in total. The number of rotatable bonds is 5. The smallest absolute Gasteiger partial charge is 0.287 e. The average Bonchev–Trinajstić information content (AvgIpc) is 2.90. The Bertz CT molecular complexity index is 794. The van der Waals surface area contributed by atoms with Gasteiger partial charge in [-0.3, -0.25) is 14.4 Å². The van der Waals surface area contributed by atoms with Crippen LogP contribution in [0.5, 0.6) is 0 Å². The Balaban J connectivity index is 1.86. The van der Waals surface area contributed by atoms with Gasteiger partial charge in [0.05, 0.1) is 6.54 Å². The monoisotopic (exact) mass is 381 g/mol. The third kappa shape index (κ3) is 4.56. The Morgan fingerprint density at radius 3 is 2.61 bits per heavy atom. The van der Waals surface area contributed by atoms with Crippen LogP contribution in [0.1, 0.15) is 27.4 Å². The van der Waals surface area contributed by atoms with Crippen LogP contribution in [0.25, 0.3) is 0 Å². The second-order valence-electron chi connectivity index (χ2n) is 5.01. The quantitative estimate of drug-likeness (QED) is 0.727. The van der Waals surface area contributed by atoms with Crippen molar-refractivity contribution in [3.05, 3.63) is 55.8 Å². The topological polar surface area (TPSA) is 104 Å². The van der Waals surface area contributed by atoms with Crippen LogP contribution in [0.2, 0.25) is 0 Å². The van der Waals surface area contributed by atoms with Crippen molar-refractivity contribution in [3.63, 3.8) is 0 Å². The van der Waals surface area contributed by atoms with Crippen LogP contribution < -0.4 is 16.2 Å². The molecule has 0 aliphatic carbocycles. The van der Waals surface area contributed by atoms with Gasteiger partial charge >= 0.3 is 0 Å². The van der Waals surface area contributed by atoms with Crippen LogP contribution in [0.4, 0.5) is 0 Å². The van der Waals surface area contributed by atoms with Gasteiger partial charge in [-0.1, -0.05) is 0 Å². The number of carbonyl (C=O) groups excluding carboxylic acids is 2. The van der Waals surface area contributed by atoms with Gasteiger partial charge < -0.3 is 20.0 Å². The van der Waals surface area contributed by atoms with E-state index in [0.29, 0.717) is 10.2 Å². The molecule has 0 aliphatic heterocycles. The van der Waals surface area contributed by atoms with Crippen LogP contribution in [-0.2, 0) is 11.3 Å². The SMILES string of the molecule is Cc1cc(C)c(CNC(=O)CNC(=O)c2ccc(Br)o2)c(=O)[nH]1. The number of hydrogen-bond acceptors (Lipinski definition) is 4. The molecule has 0 fully saturated rings. The molecule has 2 aromatic rings. The summed E-state index contributed by atoms with van der Waals surface area (Å²) >= 11 is 3.09. The van der Waals surface area contributed by atoms with E-state index in [4.69, 9.17) is 4.42 Å². The molecule has 0 bridgehead atoms. The summed E-state index contributed by atoms with van der Waals surface area (Å²) in [6.45, 7) is 3.49. The number of aromatic nitrogens is 1. The minimum absolute atomic E-state index is 0.0997. The molecule has 2 aromatic heterocycles. The first kappa shape index (κ1) is 17.0. The van der Waals surface area contributed by atoms with Gasteiger partial charge in [0.1, 0.15) is 0 Å². The number of amides is 2. The van der Waals surface area contributed by atoms with Crippen molar-refractivity contribution >= 4 is 27.7 Å². The second-order valence-corrected chi connectivity index (χ2v) is 5.79. The molecule has 0 unspecified atom stereocenters.